The summed E-state index contributed by atoms with van der Waals surface area (Å²) in [4.78, 5) is 43.7. The van der Waals surface area contributed by atoms with Crippen molar-refractivity contribution in [1.29, 1.82) is 0 Å². The summed E-state index contributed by atoms with van der Waals surface area (Å²) < 4.78 is 19.0. The molecule has 404 valence electrons. The second-order valence-corrected chi connectivity index (χ2v) is 22.9. The number of amides is 2. The Balaban J connectivity index is 0.600. The number of piperidine rings is 2. The lowest BCUT2D eigenvalue weighted by Gasteiger charge is -2.43. The Morgan fingerprint density at radius 3 is 2.30 bits per heavy atom. The van der Waals surface area contributed by atoms with Crippen LogP contribution in [-0.4, -0.2) is 147 Å². The zero-order valence-electron chi connectivity index (χ0n) is 43.8. The molecule has 2 bridgehead atoms. The number of carbonyl (C=O) groups is 2. The highest BCUT2D eigenvalue weighted by atomic mass is 35.5. The molecule has 11 rings (SSSR count). The SMILES string of the molecule is CC(C)[C@H](C(=O)N1C[C@H](O)C[C@H]1C(=O)N[C@@H](C)c1ccc(Cl)cc1)c1cc(N2CCC(CN3CCC(O[C@H]4C[C@H](Oc5cc(N6C7CCC6CN(c6cc(-c8ccccc8O)nnc6N)C7)ccn5)C4)CC3)CC2)no1. The van der Waals surface area contributed by atoms with Gasteiger partial charge < -0.3 is 59.8 Å². The predicted molar refractivity (Wildman–Crippen MR) is 290 cm³/mol. The molecular formula is C57H72ClN11O7. The summed E-state index contributed by atoms with van der Waals surface area (Å²) in [6.45, 7) is 12.4. The summed E-state index contributed by atoms with van der Waals surface area (Å²) in [7, 11) is 0. The number of para-hydroxylation sites is 1. The van der Waals surface area contributed by atoms with Gasteiger partial charge in [-0.15, -0.1) is 10.2 Å². The molecule has 8 heterocycles. The number of phenolic OH excluding ortho intramolecular Hbond substituents is 1. The predicted octanol–water partition coefficient (Wildman–Crippen LogP) is 7.21. The third kappa shape index (κ3) is 11.3. The van der Waals surface area contributed by atoms with Crippen molar-refractivity contribution in [3.8, 4) is 22.9 Å². The standard InChI is InChI=1S/C57H72ClN11O7/c1-34(2)54(57(73)68-33-42(70)25-49(68)56(72)61-35(3)37-8-10-38(58)11-9-37)51-29-52(64-76-51)66-22-15-36(16-23-66)30-65-20-17-43(18-21-65)74-44-26-45(27-44)75-53-24-39(14-19-60-53)69-40-12-13-41(69)32-67(31-40)48-28-47(62-63-55(48)59)46-6-4-5-7-50(46)71/h4-11,14,19,24,28-29,34-36,40-45,49,54,70-71H,12-13,15-18,20-23,25-27,30-33H2,1-3H3,(H2,59,63)(H,61,72)/t35-,40?,41?,42+,44-,45-,49-,54-/m0/s1. The van der Waals surface area contributed by atoms with Crippen molar-refractivity contribution in [3.63, 3.8) is 0 Å². The lowest BCUT2D eigenvalue weighted by Crippen LogP contribution is -2.54. The number of benzene rings is 2. The number of likely N-dealkylation sites (tertiary alicyclic amines) is 2. The van der Waals surface area contributed by atoms with Crippen LogP contribution in [0.15, 0.2) is 83.5 Å². The van der Waals surface area contributed by atoms with Gasteiger partial charge in [0.2, 0.25) is 17.7 Å². The Kier molecular flexibility index (Phi) is 15.3. The van der Waals surface area contributed by atoms with E-state index in [1.807, 2.05) is 63.4 Å². The van der Waals surface area contributed by atoms with E-state index in [9.17, 15) is 19.8 Å². The number of nitrogen functional groups attached to an aromatic ring is 1. The normalized spacial score (nSPS) is 25.2. The number of rotatable bonds is 16. The number of β-amino-alcohol motifs (C(OH)–C–C–N with tert-alkyl or cyclic N) is 1. The van der Waals surface area contributed by atoms with Crippen LogP contribution in [0.1, 0.15) is 102 Å². The average Bonchev–Trinajstić information content (AvgIpc) is 4.14. The van der Waals surface area contributed by atoms with Gasteiger partial charge in [-0.2, -0.15) is 0 Å². The Labute approximate surface area is 449 Å². The number of carbonyl (C=O) groups excluding carboxylic acids is 2. The van der Waals surface area contributed by atoms with Crippen molar-refractivity contribution in [2.45, 2.75) is 133 Å². The fourth-order valence-electron chi connectivity index (χ4n) is 12.7. The number of nitrogens with one attached hydrogen (secondary N) is 1. The van der Waals surface area contributed by atoms with Gasteiger partial charge in [0.1, 0.15) is 23.8 Å². The monoisotopic (exact) mass is 1060 g/mol. The molecule has 18 nitrogen and oxygen atoms in total. The van der Waals surface area contributed by atoms with E-state index in [0.717, 1.165) is 120 Å². The van der Waals surface area contributed by atoms with Gasteiger partial charge in [0.15, 0.2) is 17.4 Å². The number of pyridine rings is 1. The number of hydrogen-bond acceptors (Lipinski definition) is 16. The van der Waals surface area contributed by atoms with Gasteiger partial charge in [-0.3, -0.25) is 9.59 Å². The van der Waals surface area contributed by atoms with E-state index >= 15 is 0 Å². The summed E-state index contributed by atoms with van der Waals surface area (Å²) in [5.41, 5.74) is 10.5. The van der Waals surface area contributed by atoms with E-state index in [1.54, 1.807) is 24.3 Å². The van der Waals surface area contributed by atoms with Crippen molar-refractivity contribution in [2.24, 2.45) is 11.8 Å². The first kappa shape index (κ1) is 51.9. The van der Waals surface area contributed by atoms with Crippen molar-refractivity contribution >= 4 is 46.4 Å². The zero-order chi connectivity index (χ0) is 52.6. The molecule has 0 radical (unpaired) electrons. The summed E-state index contributed by atoms with van der Waals surface area (Å²) in [5, 5.41) is 37.8. The molecule has 5 saturated heterocycles. The minimum atomic E-state index is -0.799. The number of nitrogens with zero attached hydrogens (tertiary/aromatic N) is 9. The van der Waals surface area contributed by atoms with Crippen molar-refractivity contribution in [3.05, 3.63) is 95.3 Å². The number of phenols is 1. The van der Waals surface area contributed by atoms with Gasteiger partial charge in [0, 0.05) is 118 Å². The lowest BCUT2D eigenvalue weighted by molar-refractivity contribution is -0.141. The molecule has 5 aromatic rings. The van der Waals surface area contributed by atoms with Crippen LogP contribution in [0.25, 0.3) is 11.3 Å². The Bertz CT molecular complexity index is 2800. The first-order chi connectivity index (χ1) is 36.8. The van der Waals surface area contributed by atoms with Crippen molar-refractivity contribution in [2.75, 3.05) is 72.8 Å². The molecule has 76 heavy (non-hydrogen) atoms. The van der Waals surface area contributed by atoms with E-state index in [2.05, 4.69) is 57.4 Å². The number of fused-ring (bicyclic) bond motifs is 2. The third-order valence-corrected chi connectivity index (χ3v) is 17.1. The Morgan fingerprint density at radius 2 is 1.58 bits per heavy atom. The van der Waals surface area contributed by atoms with E-state index in [0.29, 0.717) is 51.7 Å². The molecule has 1 saturated carbocycles. The summed E-state index contributed by atoms with van der Waals surface area (Å²) in [6, 6.07) is 22.0. The molecule has 2 unspecified atom stereocenters. The van der Waals surface area contributed by atoms with E-state index in [4.69, 9.17) is 31.3 Å². The van der Waals surface area contributed by atoms with E-state index < -0.39 is 18.1 Å². The number of piperazine rings is 1. The number of aromatic hydroxyl groups is 1. The number of anilines is 4. The van der Waals surface area contributed by atoms with Gasteiger partial charge in [-0.1, -0.05) is 54.9 Å². The number of ether oxygens (including phenoxy) is 2. The van der Waals surface area contributed by atoms with Gasteiger partial charge in [0.25, 0.3) is 0 Å². The van der Waals surface area contributed by atoms with Crippen molar-refractivity contribution in [1.82, 2.24) is 35.5 Å². The van der Waals surface area contributed by atoms with E-state index in [1.165, 1.54) is 4.90 Å². The second-order valence-electron chi connectivity index (χ2n) is 22.5. The highest BCUT2D eigenvalue weighted by molar-refractivity contribution is 6.30. The molecule has 5 aliphatic heterocycles. The second kappa shape index (κ2) is 22.4. The molecule has 6 fully saturated rings. The number of hydrogen-bond donors (Lipinski definition) is 4. The molecule has 19 heteroatoms. The zero-order valence-corrected chi connectivity index (χ0v) is 44.5. The molecule has 3 aromatic heterocycles. The first-order valence-electron chi connectivity index (χ1n) is 27.5. The minimum Gasteiger partial charge on any atom is -0.507 e. The molecule has 2 aromatic carbocycles. The smallest absolute Gasteiger partial charge is 0.243 e. The van der Waals surface area contributed by atoms with Crippen LogP contribution in [0, 0.1) is 11.8 Å². The van der Waals surface area contributed by atoms with Crippen LogP contribution in [-0.2, 0) is 14.3 Å². The maximum Gasteiger partial charge on any atom is 0.243 e. The molecular weight excluding hydrogens is 986 g/mol. The fourth-order valence-corrected chi connectivity index (χ4v) is 12.8. The third-order valence-electron chi connectivity index (χ3n) is 16.9. The summed E-state index contributed by atoms with van der Waals surface area (Å²) >= 11 is 6.07. The Morgan fingerprint density at radius 1 is 0.842 bits per heavy atom. The maximum atomic E-state index is 14.3. The summed E-state index contributed by atoms with van der Waals surface area (Å²) in [5.74, 6) is 1.69. The number of aliphatic hydroxyl groups excluding tert-OH is 1. The van der Waals surface area contributed by atoms with Crippen LogP contribution in [0.3, 0.4) is 0 Å². The van der Waals surface area contributed by atoms with Crippen LogP contribution in [0.4, 0.5) is 23.0 Å². The molecule has 6 atom stereocenters. The Hall–Kier alpha value is -6.21. The van der Waals surface area contributed by atoms with Crippen molar-refractivity contribution < 1.29 is 33.8 Å². The fraction of sp³-hybridized carbons (Fsp3) is 0.544. The molecule has 2 amide bonds. The topological polar surface area (TPSA) is 212 Å². The van der Waals surface area contributed by atoms with Crippen LogP contribution < -0.4 is 30.5 Å². The highest BCUT2D eigenvalue weighted by Gasteiger charge is 2.45. The number of nitrogens with two attached hydrogens (primary N) is 1. The first-order valence-corrected chi connectivity index (χ1v) is 27.9. The molecule has 6 aliphatic rings. The highest BCUT2D eigenvalue weighted by Crippen LogP contribution is 2.41. The number of halogens is 1. The largest absolute Gasteiger partial charge is 0.507 e. The lowest BCUT2D eigenvalue weighted by atomic mass is 9.91. The minimum absolute atomic E-state index is 0.0825. The quantitative estimate of drug-likeness (QED) is 0.0769. The van der Waals surface area contributed by atoms with Gasteiger partial charge in [-0.25, -0.2) is 4.98 Å². The van der Waals surface area contributed by atoms with E-state index in [-0.39, 0.29) is 60.8 Å². The molecule has 1 aliphatic carbocycles. The van der Waals surface area contributed by atoms with Crippen LogP contribution >= 0.6 is 11.6 Å². The average molecular weight is 1060 g/mol. The molecule has 0 spiro atoms. The molecule has 5 N–H and O–H groups in total. The van der Waals surface area contributed by atoms with Crippen LogP contribution in [0.2, 0.25) is 5.02 Å². The number of aliphatic hydroxyl groups is 1. The van der Waals surface area contributed by atoms with Gasteiger partial charge in [0.05, 0.1) is 35.7 Å². The van der Waals surface area contributed by atoms with Gasteiger partial charge in [-0.05, 0) is 99.2 Å². The maximum absolute atomic E-state index is 14.3. The number of aromatic nitrogens is 4. The van der Waals surface area contributed by atoms with Crippen LogP contribution in [0.5, 0.6) is 11.6 Å². The summed E-state index contributed by atoms with van der Waals surface area (Å²) in [6.07, 6.45) is 9.84. The van der Waals surface area contributed by atoms with Gasteiger partial charge >= 0.3 is 0 Å².